The van der Waals surface area contributed by atoms with Crippen LogP contribution in [0.15, 0.2) is 22.7 Å². The minimum absolute atomic E-state index is 0.0719. The number of Topliss-reactive ketones (excluding diaryl/α,β-unsaturated/α-hetero) is 1. The number of halogens is 1. The summed E-state index contributed by atoms with van der Waals surface area (Å²) in [6.45, 7) is 3.29. The van der Waals surface area contributed by atoms with Crippen LogP contribution in [0.25, 0.3) is 0 Å². The van der Waals surface area contributed by atoms with E-state index in [0.29, 0.717) is 17.8 Å². The topological polar surface area (TPSA) is 55.1 Å². The van der Waals surface area contributed by atoms with E-state index in [1.54, 1.807) is 18.2 Å². The van der Waals surface area contributed by atoms with E-state index in [2.05, 4.69) is 28.2 Å². The van der Waals surface area contributed by atoms with Crippen molar-refractivity contribution in [2.45, 2.75) is 13.3 Å². The second-order valence-electron chi connectivity index (χ2n) is 3.34. The monoisotopic (exact) mass is 270 g/mol. The molecule has 0 amide bonds. The molecule has 15 heavy (non-hydrogen) atoms. The molecule has 0 saturated carbocycles. The van der Waals surface area contributed by atoms with E-state index in [0.717, 1.165) is 17.4 Å². The maximum atomic E-state index is 11.6. The van der Waals surface area contributed by atoms with E-state index in [-0.39, 0.29) is 5.78 Å². The summed E-state index contributed by atoms with van der Waals surface area (Å²) in [6, 6.07) is 5.26. The van der Waals surface area contributed by atoms with Gasteiger partial charge in [-0.25, -0.2) is 0 Å². The number of hydrogen-bond donors (Lipinski definition) is 2. The third kappa shape index (κ3) is 3.64. The summed E-state index contributed by atoms with van der Waals surface area (Å²) in [4.78, 5) is 11.6. The number of nitrogens with two attached hydrogens (primary N) is 1. The molecule has 0 spiro atoms. The van der Waals surface area contributed by atoms with Crippen LogP contribution in [0.3, 0.4) is 0 Å². The Morgan fingerprint density at radius 3 is 2.87 bits per heavy atom. The lowest BCUT2D eigenvalue weighted by atomic mass is 10.1. The molecule has 0 atom stereocenters. The summed E-state index contributed by atoms with van der Waals surface area (Å²) >= 11 is 3.29. The van der Waals surface area contributed by atoms with Crippen LogP contribution in [0.5, 0.6) is 0 Å². The van der Waals surface area contributed by atoms with Gasteiger partial charge >= 0.3 is 0 Å². The van der Waals surface area contributed by atoms with E-state index >= 15 is 0 Å². The second-order valence-corrected chi connectivity index (χ2v) is 4.19. The maximum absolute atomic E-state index is 11.6. The lowest BCUT2D eigenvalue weighted by Gasteiger charge is -2.04. The highest BCUT2D eigenvalue weighted by molar-refractivity contribution is 9.10. The molecule has 1 aromatic carbocycles. The van der Waals surface area contributed by atoms with Crippen molar-refractivity contribution in [1.29, 1.82) is 0 Å². The van der Waals surface area contributed by atoms with Gasteiger partial charge in [-0.1, -0.05) is 13.0 Å². The molecule has 0 aromatic heterocycles. The van der Waals surface area contributed by atoms with Gasteiger partial charge in [-0.3, -0.25) is 4.79 Å². The van der Waals surface area contributed by atoms with Crippen LogP contribution in [-0.4, -0.2) is 18.9 Å². The molecule has 3 nitrogen and oxygen atoms in total. The maximum Gasteiger partial charge on any atom is 0.176 e. The number of ketones is 1. The highest BCUT2D eigenvalue weighted by Gasteiger charge is 2.06. The first-order chi connectivity index (χ1) is 7.15. The van der Waals surface area contributed by atoms with Gasteiger partial charge in [0.25, 0.3) is 0 Å². The second kappa shape index (κ2) is 5.88. The quantitative estimate of drug-likeness (QED) is 0.490. The highest BCUT2D eigenvalue weighted by Crippen LogP contribution is 2.20. The Labute approximate surface area is 98.2 Å². The SMILES string of the molecule is CCCNCC(=O)c1ccc(Br)c(N)c1. The smallest absolute Gasteiger partial charge is 0.176 e. The number of benzene rings is 1. The van der Waals surface area contributed by atoms with E-state index in [9.17, 15) is 4.79 Å². The molecule has 1 aromatic rings. The largest absolute Gasteiger partial charge is 0.398 e. The van der Waals surface area contributed by atoms with Gasteiger partial charge in [-0.15, -0.1) is 0 Å². The van der Waals surface area contributed by atoms with E-state index in [1.807, 2.05) is 0 Å². The van der Waals surface area contributed by atoms with Crippen LogP contribution < -0.4 is 11.1 Å². The van der Waals surface area contributed by atoms with Crippen molar-refractivity contribution in [3.05, 3.63) is 28.2 Å². The molecule has 82 valence electrons. The Kier molecular flexibility index (Phi) is 4.78. The van der Waals surface area contributed by atoms with Crippen molar-refractivity contribution < 1.29 is 4.79 Å². The summed E-state index contributed by atoms with van der Waals surface area (Å²) in [7, 11) is 0. The predicted octanol–water partition coefficient (Wildman–Crippen LogP) is 2.21. The van der Waals surface area contributed by atoms with Gasteiger partial charge in [0, 0.05) is 15.7 Å². The molecule has 3 N–H and O–H groups in total. The fraction of sp³-hybridized carbons (Fsp3) is 0.364. The summed E-state index contributed by atoms with van der Waals surface area (Å²) in [5.41, 5.74) is 6.94. The third-order valence-corrected chi connectivity index (χ3v) is 2.75. The average Bonchev–Trinajstić information content (AvgIpc) is 2.22. The van der Waals surface area contributed by atoms with E-state index in [4.69, 9.17) is 5.73 Å². The molecule has 0 radical (unpaired) electrons. The Morgan fingerprint density at radius 1 is 1.53 bits per heavy atom. The average molecular weight is 271 g/mol. The van der Waals surface area contributed by atoms with Gasteiger partial charge in [-0.2, -0.15) is 0 Å². The number of carbonyl (C=O) groups excluding carboxylic acids is 1. The van der Waals surface area contributed by atoms with Gasteiger partial charge in [0.1, 0.15) is 0 Å². The normalized spacial score (nSPS) is 10.3. The Bertz CT molecular complexity index is 352. The molecule has 0 bridgehead atoms. The number of nitrogens with one attached hydrogen (secondary N) is 1. The summed E-state index contributed by atoms with van der Waals surface area (Å²) in [6.07, 6.45) is 1.02. The third-order valence-electron chi connectivity index (χ3n) is 2.03. The van der Waals surface area contributed by atoms with Crippen molar-refractivity contribution in [2.24, 2.45) is 0 Å². The standard InChI is InChI=1S/C11H15BrN2O/c1-2-5-14-7-11(15)8-3-4-9(12)10(13)6-8/h3-4,6,14H,2,5,7,13H2,1H3. The van der Waals surface area contributed by atoms with Crippen LogP contribution in [-0.2, 0) is 0 Å². The van der Waals surface area contributed by atoms with Gasteiger partial charge in [0.15, 0.2) is 5.78 Å². The van der Waals surface area contributed by atoms with E-state index < -0.39 is 0 Å². The summed E-state index contributed by atoms with van der Waals surface area (Å²) in [5.74, 6) is 0.0719. The van der Waals surface area contributed by atoms with Crippen molar-refractivity contribution in [2.75, 3.05) is 18.8 Å². The Balaban J connectivity index is 2.62. The molecule has 4 heteroatoms. The Hall–Kier alpha value is -0.870. The molecule has 0 aliphatic heterocycles. The van der Waals surface area contributed by atoms with Crippen LogP contribution in [0.4, 0.5) is 5.69 Å². The minimum Gasteiger partial charge on any atom is -0.398 e. The van der Waals surface area contributed by atoms with E-state index in [1.165, 1.54) is 0 Å². The van der Waals surface area contributed by atoms with Gasteiger partial charge < -0.3 is 11.1 Å². The lowest BCUT2D eigenvalue weighted by Crippen LogP contribution is -2.23. The van der Waals surface area contributed by atoms with Gasteiger partial charge in [-0.05, 0) is 41.0 Å². The van der Waals surface area contributed by atoms with Crippen molar-refractivity contribution in [1.82, 2.24) is 5.32 Å². The van der Waals surface area contributed by atoms with Gasteiger partial charge in [0.2, 0.25) is 0 Å². The van der Waals surface area contributed by atoms with Crippen molar-refractivity contribution in [3.63, 3.8) is 0 Å². The molecule has 0 unspecified atom stereocenters. The first-order valence-electron chi connectivity index (χ1n) is 4.94. The molecule has 0 aliphatic rings. The number of nitrogen functional groups attached to an aromatic ring is 1. The zero-order chi connectivity index (χ0) is 11.3. The highest BCUT2D eigenvalue weighted by atomic mass is 79.9. The van der Waals surface area contributed by atoms with Crippen LogP contribution in [0.1, 0.15) is 23.7 Å². The van der Waals surface area contributed by atoms with Crippen LogP contribution in [0.2, 0.25) is 0 Å². The molecule has 0 heterocycles. The first-order valence-corrected chi connectivity index (χ1v) is 5.73. The first kappa shape index (κ1) is 12.2. The fourth-order valence-electron chi connectivity index (χ4n) is 1.20. The predicted molar refractivity (Wildman–Crippen MR) is 66.0 cm³/mol. The molecule has 0 aliphatic carbocycles. The molecular weight excluding hydrogens is 256 g/mol. The minimum atomic E-state index is 0.0719. The summed E-state index contributed by atoms with van der Waals surface area (Å²) < 4.78 is 0.820. The van der Waals surface area contributed by atoms with Crippen LogP contribution in [0, 0.1) is 0 Å². The zero-order valence-corrected chi connectivity index (χ0v) is 10.3. The number of anilines is 1. The zero-order valence-electron chi connectivity index (χ0n) is 8.72. The molecule has 0 saturated heterocycles. The molecular formula is C11H15BrN2O. The summed E-state index contributed by atoms with van der Waals surface area (Å²) in [5, 5.41) is 3.07. The fourth-order valence-corrected chi connectivity index (χ4v) is 1.44. The number of carbonyl (C=O) groups is 1. The number of rotatable bonds is 5. The van der Waals surface area contributed by atoms with Crippen molar-refractivity contribution >= 4 is 27.4 Å². The Morgan fingerprint density at radius 2 is 2.27 bits per heavy atom. The van der Waals surface area contributed by atoms with Crippen LogP contribution >= 0.6 is 15.9 Å². The number of hydrogen-bond acceptors (Lipinski definition) is 3. The lowest BCUT2D eigenvalue weighted by molar-refractivity contribution is 0.0991. The van der Waals surface area contributed by atoms with Gasteiger partial charge in [0.05, 0.1) is 6.54 Å². The van der Waals surface area contributed by atoms with Crippen molar-refractivity contribution in [3.8, 4) is 0 Å². The molecule has 1 rings (SSSR count). The molecule has 0 fully saturated rings.